The maximum absolute atomic E-state index is 13.4. The Morgan fingerprint density at radius 1 is 1.16 bits per heavy atom. The highest BCUT2D eigenvalue weighted by atomic mass is 16.5. The highest BCUT2D eigenvalue weighted by molar-refractivity contribution is 6.11. The van der Waals surface area contributed by atoms with E-state index in [4.69, 9.17) is 9.47 Å². The molecule has 0 spiro atoms. The molecule has 3 aromatic rings. The van der Waals surface area contributed by atoms with Gasteiger partial charge in [-0.2, -0.15) is 0 Å². The minimum absolute atomic E-state index is 0.0953. The Labute approximate surface area is 187 Å². The van der Waals surface area contributed by atoms with Crippen molar-refractivity contribution in [1.29, 1.82) is 0 Å². The first-order valence-electron chi connectivity index (χ1n) is 10.3. The second kappa shape index (κ2) is 9.18. The number of nitrogens with zero attached hydrogens (tertiary/aromatic N) is 1. The van der Waals surface area contributed by atoms with E-state index in [0.29, 0.717) is 23.9 Å². The fourth-order valence-electron chi connectivity index (χ4n) is 3.85. The van der Waals surface area contributed by atoms with Crippen molar-refractivity contribution in [1.82, 2.24) is 4.57 Å². The molecule has 0 unspecified atom stereocenters. The van der Waals surface area contributed by atoms with Crippen LogP contribution in [0.15, 0.2) is 43.0 Å². The monoisotopic (exact) mass is 436 g/mol. The molecular weight excluding hydrogens is 408 g/mol. The molecule has 0 aliphatic rings. The van der Waals surface area contributed by atoms with Crippen LogP contribution in [0.1, 0.15) is 51.7 Å². The number of hydrogen-bond donors (Lipinski definition) is 2. The first kappa shape index (κ1) is 22.9. The molecule has 1 aromatic heterocycles. The van der Waals surface area contributed by atoms with Crippen molar-refractivity contribution in [3.05, 3.63) is 65.4 Å². The molecule has 32 heavy (non-hydrogen) atoms. The summed E-state index contributed by atoms with van der Waals surface area (Å²) >= 11 is 0. The average molecular weight is 437 g/mol. The molecule has 0 aliphatic heterocycles. The van der Waals surface area contributed by atoms with E-state index in [2.05, 4.69) is 37.9 Å². The van der Waals surface area contributed by atoms with E-state index >= 15 is 0 Å². The summed E-state index contributed by atoms with van der Waals surface area (Å²) in [6.07, 6.45) is 1.73. The number of carbonyl (C=O) groups excluding carboxylic acids is 1. The minimum Gasteiger partial charge on any atom is -0.493 e. The van der Waals surface area contributed by atoms with Gasteiger partial charge in [0.2, 0.25) is 0 Å². The van der Waals surface area contributed by atoms with Crippen LogP contribution in [0.2, 0.25) is 0 Å². The van der Waals surface area contributed by atoms with E-state index in [0.717, 1.165) is 16.5 Å². The lowest BCUT2D eigenvalue weighted by molar-refractivity contribution is 0.0697. The molecule has 168 valence electrons. The summed E-state index contributed by atoms with van der Waals surface area (Å²) in [5.41, 5.74) is 3.39. The molecule has 0 aliphatic carbocycles. The van der Waals surface area contributed by atoms with E-state index in [1.165, 1.54) is 31.9 Å². The predicted octanol–water partition coefficient (Wildman–Crippen LogP) is 5.23. The maximum Gasteiger partial charge on any atom is 0.337 e. The minimum atomic E-state index is -1.19. The third-order valence-electron chi connectivity index (χ3n) is 5.54. The van der Waals surface area contributed by atoms with Gasteiger partial charge in [0.25, 0.3) is 5.91 Å². The van der Waals surface area contributed by atoms with E-state index in [1.807, 2.05) is 17.6 Å². The van der Waals surface area contributed by atoms with Crippen LogP contribution < -0.4 is 14.8 Å². The number of benzene rings is 2. The van der Waals surface area contributed by atoms with Gasteiger partial charge in [-0.3, -0.25) is 4.79 Å². The standard InChI is InChI=1S/C25H28N2O5/c1-7-10-27-20-9-8-16(14(2)3)11-17(20)15(4)23(27)24(28)26-19-13-22(32-6)21(31-5)12-18(19)25(29)30/h7-9,11-14H,1,10H2,2-6H3,(H,26,28)(H,29,30). The van der Waals surface area contributed by atoms with Crippen molar-refractivity contribution in [2.24, 2.45) is 0 Å². The molecule has 2 aromatic carbocycles. The normalized spacial score (nSPS) is 10.9. The Morgan fingerprint density at radius 2 is 1.81 bits per heavy atom. The van der Waals surface area contributed by atoms with Crippen molar-refractivity contribution >= 4 is 28.5 Å². The Balaban J connectivity index is 2.15. The highest BCUT2D eigenvalue weighted by Crippen LogP contribution is 2.35. The van der Waals surface area contributed by atoms with Crippen molar-refractivity contribution < 1.29 is 24.2 Å². The van der Waals surface area contributed by atoms with Gasteiger partial charge in [0.1, 0.15) is 5.69 Å². The molecular formula is C25H28N2O5. The summed E-state index contributed by atoms with van der Waals surface area (Å²) in [5.74, 6) is -0.671. The van der Waals surface area contributed by atoms with Crippen LogP contribution in [0, 0.1) is 6.92 Å². The number of fused-ring (bicyclic) bond motifs is 1. The van der Waals surface area contributed by atoms with Gasteiger partial charge in [0, 0.05) is 29.6 Å². The predicted molar refractivity (Wildman–Crippen MR) is 125 cm³/mol. The average Bonchev–Trinajstić information content (AvgIpc) is 3.04. The third-order valence-corrected chi connectivity index (χ3v) is 5.54. The van der Waals surface area contributed by atoms with Crippen LogP contribution >= 0.6 is 0 Å². The number of nitrogens with one attached hydrogen (secondary N) is 1. The lowest BCUT2D eigenvalue weighted by Crippen LogP contribution is -2.19. The molecule has 0 fully saturated rings. The Kier molecular flexibility index (Phi) is 6.58. The number of amides is 1. The molecule has 3 rings (SSSR count). The Hall–Kier alpha value is -3.74. The summed E-state index contributed by atoms with van der Waals surface area (Å²) in [4.78, 5) is 25.2. The molecule has 0 saturated heterocycles. The van der Waals surface area contributed by atoms with Gasteiger partial charge < -0.3 is 24.5 Å². The van der Waals surface area contributed by atoms with Crippen LogP contribution in [0.4, 0.5) is 5.69 Å². The largest absolute Gasteiger partial charge is 0.493 e. The van der Waals surface area contributed by atoms with Gasteiger partial charge >= 0.3 is 5.97 Å². The van der Waals surface area contributed by atoms with Crippen LogP contribution in [0.25, 0.3) is 10.9 Å². The number of anilines is 1. The molecule has 1 heterocycles. The van der Waals surface area contributed by atoms with Gasteiger partial charge in [-0.25, -0.2) is 4.79 Å². The van der Waals surface area contributed by atoms with Gasteiger partial charge in [-0.1, -0.05) is 26.0 Å². The van der Waals surface area contributed by atoms with E-state index in [1.54, 1.807) is 6.08 Å². The summed E-state index contributed by atoms with van der Waals surface area (Å²) < 4.78 is 12.4. The zero-order valence-electron chi connectivity index (χ0n) is 19.0. The topological polar surface area (TPSA) is 89.8 Å². The van der Waals surface area contributed by atoms with E-state index in [-0.39, 0.29) is 17.0 Å². The lowest BCUT2D eigenvalue weighted by atomic mass is 10.0. The first-order valence-corrected chi connectivity index (χ1v) is 10.3. The summed E-state index contributed by atoms with van der Waals surface area (Å²) in [7, 11) is 2.87. The number of aromatic nitrogens is 1. The molecule has 7 nitrogen and oxygen atoms in total. The van der Waals surface area contributed by atoms with E-state index < -0.39 is 11.9 Å². The zero-order valence-corrected chi connectivity index (χ0v) is 19.0. The van der Waals surface area contributed by atoms with Crippen LogP contribution in [0.5, 0.6) is 11.5 Å². The second-order valence-corrected chi connectivity index (χ2v) is 7.82. The molecule has 7 heteroatoms. The number of aromatic carboxylic acids is 1. The summed E-state index contributed by atoms with van der Waals surface area (Å²) in [6.45, 7) is 10.4. The number of methoxy groups -OCH3 is 2. The second-order valence-electron chi connectivity index (χ2n) is 7.82. The van der Waals surface area contributed by atoms with Crippen molar-refractivity contribution in [2.45, 2.75) is 33.2 Å². The van der Waals surface area contributed by atoms with Crippen molar-refractivity contribution in [3.63, 3.8) is 0 Å². The smallest absolute Gasteiger partial charge is 0.337 e. The van der Waals surface area contributed by atoms with Crippen LogP contribution in [-0.2, 0) is 6.54 Å². The van der Waals surface area contributed by atoms with E-state index in [9.17, 15) is 14.7 Å². The fourth-order valence-corrected chi connectivity index (χ4v) is 3.85. The number of ether oxygens (including phenoxy) is 2. The van der Waals surface area contributed by atoms with Crippen LogP contribution in [-0.4, -0.2) is 35.8 Å². The van der Waals surface area contributed by atoms with Crippen molar-refractivity contribution in [3.8, 4) is 11.5 Å². The van der Waals surface area contributed by atoms with Gasteiger partial charge in [0.05, 0.1) is 25.5 Å². The lowest BCUT2D eigenvalue weighted by Gasteiger charge is -2.15. The number of carboxylic acid groups (broad SMARTS) is 1. The summed E-state index contributed by atoms with van der Waals surface area (Å²) in [6, 6.07) is 8.96. The Bertz CT molecular complexity index is 1210. The zero-order chi connectivity index (χ0) is 23.6. The molecule has 0 atom stereocenters. The number of carboxylic acids is 1. The number of hydrogen-bond acceptors (Lipinski definition) is 4. The molecule has 2 N–H and O–H groups in total. The number of carbonyl (C=O) groups is 2. The third kappa shape index (κ3) is 4.06. The number of aryl methyl sites for hydroxylation is 1. The molecule has 0 radical (unpaired) electrons. The molecule has 1 amide bonds. The van der Waals surface area contributed by atoms with Gasteiger partial charge in [0.15, 0.2) is 11.5 Å². The molecule has 0 saturated carbocycles. The maximum atomic E-state index is 13.4. The SMILES string of the molecule is C=CCn1c(C(=O)Nc2cc(OC)c(OC)cc2C(=O)O)c(C)c2cc(C(C)C)ccc21. The van der Waals surface area contributed by atoms with Gasteiger partial charge in [-0.15, -0.1) is 6.58 Å². The number of allylic oxidation sites excluding steroid dienone is 1. The Morgan fingerprint density at radius 3 is 2.38 bits per heavy atom. The fraction of sp³-hybridized carbons (Fsp3) is 0.280. The molecule has 0 bridgehead atoms. The first-order chi connectivity index (χ1) is 15.2. The summed E-state index contributed by atoms with van der Waals surface area (Å²) in [5, 5.41) is 13.4. The number of rotatable bonds is 8. The van der Waals surface area contributed by atoms with Crippen molar-refractivity contribution in [2.75, 3.05) is 19.5 Å². The quantitative estimate of drug-likeness (QED) is 0.472. The van der Waals surface area contributed by atoms with Crippen LogP contribution in [0.3, 0.4) is 0 Å². The highest BCUT2D eigenvalue weighted by Gasteiger charge is 2.23. The van der Waals surface area contributed by atoms with Gasteiger partial charge in [-0.05, 0) is 36.1 Å².